The van der Waals surface area contributed by atoms with Crippen molar-refractivity contribution >= 4 is 99.7 Å². The van der Waals surface area contributed by atoms with Crippen molar-refractivity contribution in [2.75, 3.05) is 9.80 Å². The van der Waals surface area contributed by atoms with Gasteiger partial charge in [-0.3, -0.25) is 0 Å². The number of nitrogens with zero attached hydrogens (tertiary/aromatic N) is 4. The Morgan fingerprint density at radius 3 is 0.931 bits per heavy atom. The van der Waals surface area contributed by atoms with E-state index in [0.717, 1.165) is 106 Å². The third kappa shape index (κ3) is 10.7. The van der Waals surface area contributed by atoms with Crippen LogP contribution in [0.5, 0.6) is 0 Å². The van der Waals surface area contributed by atoms with Gasteiger partial charge in [0.1, 0.15) is 11.2 Å². The van der Waals surface area contributed by atoms with Crippen LogP contribution in [0.1, 0.15) is 0 Å². The van der Waals surface area contributed by atoms with Crippen LogP contribution in [0.3, 0.4) is 0 Å². The van der Waals surface area contributed by atoms with E-state index in [0.29, 0.717) is 0 Å². The first-order valence-corrected chi connectivity index (χ1v) is 34.5. The molecule has 0 amide bonds. The molecule has 474 valence electrons. The van der Waals surface area contributed by atoms with E-state index in [4.69, 9.17) is 4.42 Å². The molecular weight excluding hydrogens is 1230 g/mol. The molecule has 5 nitrogen and oxygen atoms in total. The number of hydrogen-bond acceptors (Lipinski definition) is 3. The molecule has 0 spiro atoms. The lowest BCUT2D eigenvalue weighted by molar-refractivity contribution is 0.669. The molecule has 0 unspecified atom stereocenters. The number of anilines is 6. The first-order chi connectivity index (χ1) is 50.0. The van der Waals surface area contributed by atoms with E-state index in [1.165, 1.54) is 71.4 Å². The minimum Gasteiger partial charge on any atom is -0.456 e. The van der Waals surface area contributed by atoms with E-state index in [-0.39, 0.29) is 0 Å². The third-order valence-electron chi connectivity index (χ3n) is 20.1. The summed E-state index contributed by atoms with van der Waals surface area (Å²) >= 11 is 0. The second-order valence-corrected chi connectivity index (χ2v) is 26.1. The smallest absolute Gasteiger partial charge is 0.137 e. The van der Waals surface area contributed by atoms with Crippen molar-refractivity contribution < 1.29 is 4.42 Å². The minimum absolute atomic E-state index is 0.839. The highest BCUT2D eigenvalue weighted by atomic mass is 16.3. The molecule has 5 heteroatoms. The zero-order chi connectivity index (χ0) is 66.7. The third-order valence-corrected chi connectivity index (χ3v) is 20.1. The summed E-state index contributed by atoms with van der Waals surface area (Å²) in [5, 5.41) is 7.12. The quantitative estimate of drug-likeness (QED) is 0.109. The Morgan fingerprint density at radius 1 is 0.168 bits per heavy atom. The molecule has 0 radical (unpaired) electrons. The molecule has 0 aliphatic carbocycles. The van der Waals surface area contributed by atoms with Crippen molar-refractivity contribution in [1.82, 2.24) is 9.13 Å². The highest BCUT2D eigenvalue weighted by molar-refractivity contribution is 6.13. The van der Waals surface area contributed by atoms with E-state index in [1.54, 1.807) is 0 Å². The number of aromatic nitrogens is 2. The fraction of sp³-hybridized carbons (Fsp3) is 0. The van der Waals surface area contributed by atoms with Gasteiger partial charge in [-0.15, -0.1) is 0 Å². The van der Waals surface area contributed by atoms with E-state index < -0.39 is 0 Å². The van der Waals surface area contributed by atoms with Crippen molar-refractivity contribution in [2.24, 2.45) is 0 Å². The molecule has 0 saturated carbocycles. The van der Waals surface area contributed by atoms with Crippen molar-refractivity contribution in [3.63, 3.8) is 0 Å². The van der Waals surface area contributed by atoms with Gasteiger partial charge in [0.25, 0.3) is 0 Å². The maximum Gasteiger partial charge on any atom is 0.137 e. The van der Waals surface area contributed by atoms with Gasteiger partial charge >= 0.3 is 0 Å². The Balaban J connectivity index is 0.590. The molecule has 19 rings (SSSR count). The topological polar surface area (TPSA) is 29.5 Å². The Bertz CT molecular complexity index is 6260. The van der Waals surface area contributed by atoms with Crippen LogP contribution in [-0.2, 0) is 0 Å². The SMILES string of the molecule is c1ccc(-c2ccc(N(c3ccc(-c4ccc(-c5ccc6c(c5)c5ccccc5n6-c5ccccc5)cc4)cc3)c3ccc(-c4cccc(-c5ccc(N(c6ccccc6)c6ccc7c(c6)oc6cc(-c8ccc9c(c8)c8ccccc8n9-c8ccccc8)ccc67)cc5)c4)cc3)cc2)cc1. The Morgan fingerprint density at radius 2 is 0.455 bits per heavy atom. The average molecular weight is 1290 g/mol. The molecule has 0 aliphatic rings. The van der Waals surface area contributed by atoms with Crippen LogP contribution in [0.25, 0.3) is 144 Å². The summed E-state index contributed by atoms with van der Waals surface area (Å²) in [7, 11) is 0. The predicted molar refractivity (Wildman–Crippen MR) is 424 cm³/mol. The molecule has 0 atom stereocenters. The van der Waals surface area contributed by atoms with Crippen molar-refractivity contribution in [2.45, 2.75) is 0 Å². The summed E-state index contributed by atoms with van der Waals surface area (Å²) in [6, 6.07) is 140. The average Bonchev–Trinajstić information content (AvgIpc) is 1.63. The Labute approximate surface area is 585 Å². The van der Waals surface area contributed by atoms with Crippen LogP contribution < -0.4 is 9.80 Å². The van der Waals surface area contributed by atoms with Gasteiger partial charge in [-0.2, -0.15) is 0 Å². The summed E-state index contributed by atoms with van der Waals surface area (Å²) in [5.41, 5.74) is 29.0. The van der Waals surface area contributed by atoms with E-state index in [9.17, 15) is 0 Å². The van der Waals surface area contributed by atoms with Crippen LogP contribution in [-0.4, -0.2) is 9.13 Å². The second kappa shape index (κ2) is 24.9. The lowest BCUT2D eigenvalue weighted by Gasteiger charge is -2.26. The number of benzene rings is 16. The lowest BCUT2D eigenvalue weighted by Crippen LogP contribution is -2.09. The molecule has 0 N–H and O–H groups in total. The predicted octanol–water partition coefficient (Wildman–Crippen LogP) is 26.7. The van der Waals surface area contributed by atoms with Gasteiger partial charge < -0.3 is 23.4 Å². The van der Waals surface area contributed by atoms with E-state index >= 15 is 0 Å². The van der Waals surface area contributed by atoms with Crippen LogP contribution in [0, 0.1) is 0 Å². The second-order valence-electron chi connectivity index (χ2n) is 26.1. The number of rotatable bonds is 14. The largest absolute Gasteiger partial charge is 0.456 e. The number of furan rings is 1. The van der Waals surface area contributed by atoms with Crippen LogP contribution >= 0.6 is 0 Å². The molecule has 3 aromatic heterocycles. The summed E-state index contributed by atoms with van der Waals surface area (Å²) in [6.45, 7) is 0. The molecule has 101 heavy (non-hydrogen) atoms. The van der Waals surface area contributed by atoms with Gasteiger partial charge in [0.2, 0.25) is 0 Å². The van der Waals surface area contributed by atoms with Gasteiger partial charge in [-0.25, -0.2) is 0 Å². The summed E-state index contributed by atoms with van der Waals surface area (Å²) in [5.74, 6) is 0. The monoisotopic (exact) mass is 1290 g/mol. The highest BCUT2D eigenvalue weighted by Crippen LogP contribution is 2.44. The van der Waals surface area contributed by atoms with Crippen molar-refractivity contribution in [3.8, 4) is 78.1 Å². The summed E-state index contributed by atoms with van der Waals surface area (Å²) < 4.78 is 11.5. The van der Waals surface area contributed by atoms with Crippen molar-refractivity contribution in [3.05, 3.63) is 388 Å². The standard InChI is InChI=1S/C96H64N4O/c1-5-18-65(19-6-1)67-36-47-80(48-37-67)97(81-49-38-68(39-50-81)66-32-34-69(35-33-66)74-45-58-93-89(61-74)85-28-13-15-30-91(85)99(93)78-24-9-3-10-25-78)82-51-40-70(41-52-82)72-20-17-21-73(60-72)71-42-53-83(54-43-71)98(77-22-7-2-8-23-77)84-55-57-88-87-56-44-76(63-95(87)101-96(88)64-84)75-46-59-94-90(62-75)86-29-14-16-31-92(86)100(94)79-26-11-4-12-27-79/h1-64H. The lowest BCUT2D eigenvalue weighted by atomic mass is 9.98. The van der Waals surface area contributed by atoms with Gasteiger partial charge in [0, 0.05) is 83.9 Å². The molecule has 0 fully saturated rings. The van der Waals surface area contributed by atoms with Crippen LogP contribution in [0.2, 0.25) is 0 Å². The maximum absolute atomic E-state index is 6.82. The fourth-order valence-corrected chi connectivity index (χ4v) is 15.1. The molecule has 3 heterocycles. The Hall–Kier alpha value is -13.5. The van der Waals surface area contributed by atoms with Gasteiger partial charge in [0.05, 0.1) is 22.1 Å². The Kier molecular flexibility index (Phi) is 14.5. The molecule has 16 aromatic carbocycles. The first-order valence-electron chi connectivity index (χ1n) is 34.5. The number of hydrogen-bond donors (Lipinski definition) is 0. The first kappa shape index (κ1) is 58.8. The zero-order valence-electron chi connectivity index (χ0n) is 55.1. The summed E-state index contributed by atoms with van der Waals surface area (Å²) in [6.07, 6.45) is 0. The molecule has 0 bridgehead atoms. The minimum atomic E-state index is 0.839. The van der Waals surface area contributed by atoms with Gasteiger partial charge in [0.15, 0.2) is 0 Å². The van der Waals surface area contributed by atoms with E-state index in [1.807, 2.05) is 0 Å². The molecule has 0 saturated heterocycles. The molecular formula is C96H64N4O. The fourth-order valence-electron chi connectivity index (χ4n) is 15.1. The van der Waals surface area contributed by atoms with E-state index in [2.05, 4.69) is 407 Å². The normalized spacial score (nSPS) is 11.6. The van der Waals surface area contributed by atoms with Crippen LogP contribution in [0.4, 0.5) is 34.1 Å². The number of para-hydroxylation sites is 5. The number of fused-ring (bicyclic) bond motifs is 9. The van der Waals surface area contributed by atoms with Crippen LogP contribution in [0.15, 0.2) is 393 Å². The maximum atomic E-state index is 6.82. The summed E-state index contributed by atoms with van der Waals surface area (Å²) in [4.78, 5) is 4.66. The van der Waals surface area contributed by atoms with Gasteiger partial charge in [-0.05, 0) is 218 Å². The molecule has 0 aliphatic heterocycles. The van der Waals surface area contributed by atoms with Gasteiger partial charge in [-0.1, -0.05) is 231 Å². The highest BCUT2D eigenvalue weighted by Gasteiger charge is 2.21. The van der Waals surface area contributed by atoms with Crippen molar-refractivity contribution in [1.29, 1.82) is 0 Å². The zero-order valence-corrected chi connectivity index (χ0v) is 55.1. The molecule has 19 aromatic rings.